The molecular formula is C12H12BrN5S. The molecule has 3 heterocycles. The molecule has 0 atom stereocenters. The molecule has 0 aromatic carbocycles. The average molecular weight is 338 g/mol. The first-order chi connectivity index (χ1) is 9.28. The highest BCUT2D eigenvalue weighted by Crippen LogP contribution is 2.22. The van der Waals surface area contributed by atoms with Gasteiger partial charge >= 0.3 is 0 Å². The summed E-state index contributed by atoms with van der Waals surface area (Å²) < 4.78 is 3.14. The fourth-order valence-corrected chi connectivity index (χ4v) is 3.07. The molecule has 0 fully saturated rings. The summed E-state index contributed by atoms with van der Waals surface area (Å²) in [5.74, 6) is 0.777. The fraction of sp³-hybridized carbons (Fsp3) is 0.250. The maximum Gasteiger partial charge on any atom is 0.165 e. The summed E-state index contributed by atoms with van der Waals surface area (Å²) in [6, 6.07) is 2.10. The molecule has 3 aromatic heterocycles. The smallest absolute Gasteiger partial charge is 0.165 e. The molecule has 0 aliphatic carbocycles. The van der Waals surface area contributed by atoms with Gasteiger partial charge < -0.3 is 9.88 Å². The highest BCUT2D eigenvalue weighted by Gasteiger charge is 2.09. The van der Waals surface area contributed by atoms with Crippen molar-refractivity contribution in [2.24, 2.45) is 0 Å². The third kappa shape index (κ3) is 2.48. The second kappa shape index (κ2) is 5.26. The molecule has 0 amide bonds. The van der Waals surface area contributed by atoms with Crippen molar-refractivity contribution in [1.29, 1.82) is 0 Å². The Morgan fingerprint density at radius 1 is 1.37 bits per heavy atom. The van der Waals surface area contributed by atoms with E-state index in [1.807, 2.05) is 4.57 Å². The van der Waals surface area contributed by atoms with E-state index in [1.54, 1.807) is 24.0 Å². The first kappa shape index (κ1) is 12.6. The van der Waals surface area contributed by atoms with Crippen LogP contribution in [0, 0.1) is 0 Å². The number of aromatic nitrogens is 4. The summed E-state index contributed by atoms with van der Waals surface area (Å²) in [5, 5.41) is 5.42. The third-order valence-electron chi connectivity index (χ3n) is 2.82. The quantitative estimate of drug-likeness (QED) is 0.793. The van der Waals surface area contributed by atoms with E-state index in [2.05, 4.69) is 54.6 Å². The Balaban J connectivity index is 1.86. The number of fused-ring (bicyclic) bond motifs is 1. The number of halogens is 1. The number of nitrogens with one attached hydrogen (secondary N) is 1. The molecule has 1 N–H and O–H groups in total. The van der Waals surface area contributed by atoms with E-state index >= 15 is 0 Å². The molecule has 3 rings (SSSR count). The largest absolute Gasteiger partial charge is 0.364 e. The van der Waals surface area contributed by atoms with Gasteiger partial charge in [0.15, 0.2) is 11.5 Å². The first-order valence-electron chi connectivity index (χ1n) is 5.90. The van der Waals surface area contributed by atoms with Crippen LogP contribution >= 0.6 is 27.3 Å². The standard InChI is InChI=1S/C12H12BrN5S/c1-2-18-7-17-10-11(15-6-16-12(10)18)14-4-8-3-9(13)19-5-8/h3,5-7H,2,4H2,1H3,(H,14,15,16). The van der Waals surface area contributed by atoms with Gasteiger partial charge in [-0.05, 0) is 39.9 Å². The molecule has 98 valence electrons. The monoisotopic (exact) mass is 337 g/mol. The Morgan fingerprint density at radius 3 is 3.00 bits per heavy atom. The van der Waals surface area contributed by atoms with Crippen LogP contribution in [0.2, 0.25) is 0 Å². The highest BCUT2D eigenvalue weighted by molar-refractivity contribution is 9.11. The molecule has 3 aromatic rings. The van der Waals surface area contributed by atoms with E-state index < -0.39 is 0 Å². The van der Waals surface area contributed by atoms with Crippen LogP contribution in [-0.2, 0) is 13.1 Å². The number of hydrogen-bond donors (Lipinski definition) is 1. The van der Waals surface area contributed by atoms with Crippen molar-refractivity contribution in [3.63, 3.8) is 0 Å². The number of aryl methyl sites for hydroxylation is 1. The predicted octanol–water partition coefficient (Wildman–Crippen LogP) is 3.28. The Kier molecular flexibility index (Phi) is 3.48. The van der Waals surface area contributed by atoms with Crippen LogP contribution in [-0.4, -0.2) is 19.5 Å². The Labute approximate surface area is 122 Å². The predicted molar refractivity (Wildman–Crippen MR) is 80.3 cm³/mol. The Hall–Kier alpha value is -1.47. The topological polar surface area (TPSA) is 55.6 Å². The third-order valence-corrected chi connectivity index (χ3v) is 4.38. The molecule has 0 aliphatic rings. The molecule has 0 saturated carbocycles. The normalized spacial score (nSPS) is 11.1. The summed E-state index contributed by atoms with van der Waals surface area (Å²) in [6.07, 6.45) is 3.37. The fourth-order valence-electron chi connectivity index (χ4n) is 1.87. The molecule has 7 heteroatoms. The van der Waals surface area contributed by atoms with Crippen LogP contribution in [0.1, 0.15) is 12.5 Å². The Morgan fingerprint density at radius 2 is 2.26 bits per heavy atom. The average Bonchev–Trinajstić information content (AvgIpc) is 3.02. The summed E-state index contributed by atoms with van der Waals surface area (Å²) >= 11 is 5.14. The maximum absolute atomic E-state index is 4.38. The van der Waals surface area contributed by atoms with E-state index in [-0.39, 0.29) is 0 Å². The number of rotatable bonds is 4. The summed E-state index contributed by atoms with van der Waals surface area (Å²) in [7, 11) is 0. The Bertz CT molecular complexity index is 705. The van der Waals surface area contributed by atoms with Crippen LogP contribution in [0.15, 0.2) is 27.9 Å². The number of thiophene rings is 1. The molecule has 0 radical (unpaired) electrons. The van der Waals surface area contributed by atoms with Gasteiger partial charge in [-0.3, -0.25) is 0 Å². The second-order valence-electron chi connectivity index (χ2n) is 4.04. The van der Waals surface area contributed by atoms with Gasteiger partial charge in [0.25, 0.3) is 0 Å². The first-order valence-corrected chi connectivity index (χ1v) is 7.58. The zero-order valence-corrected chi connectivity index (χ0v) is 12.7. The summed E-state index contributed by atoms with van der Waals surface area (Å²) in [6.45, 7) is 3.65. The molecular weight excluding hydrogens is 326 g/mol. The van der Waals surface area contributed by atoms with Crippen LogP contribution in [0.5, 0.6) is 0 Å². The van der Waals surface area contributed by atoms with E-state index in [4.69, 9.17) is 0 Å². The minimum Gasteiger partial charge on any atom is -0.364 e. The lowest BCUT2D eigenvalue weighted by Gasteiger charge is -2.04. The number of anilines is 1. The molecule has 0 spiro atoms. The lowest BCUT2D eigenvalue weighted by atomic mass is 10.3. The second-order valence-corrected chi connectivity index (χ2v) is 6.33. The summed E-state index contributed by atoms with van der Waals surface area (Å²) in [5.41, 5.74) is 2.91. The SMILES string of the molecule is CCn1cnc2c(NCc3csc(Br)c3)ncnc21. The summed E-state index contributed by atoms with van der Waals surface area (Å²) in [4.78, 5) is 12.9. The number of hydrogen-bond acceptors (Lipinski definition) is 5. The minimum absolute atomic E-state index is 0.729. The van der Waals surface area contributed by atoms with Crippen LogP contribution in [0.3, 0.4) is 0 Å². The molecule has 5 nitrogen and oxygen atoms in total. The van der Waals surface area contributed by atoms with E-state index in [0.717, 1.165) is 33.9 Å². The van der Waals surface area contributed by atoms with Crippen LogP contribution < -0.4 is 5.32 Å². The van der Waals surface area contributed by atoms with Crippen molar-refractivity contribution in [3.05, 3.63) is 33.5 Å². The van der Waals surface area contributed by atoms with Gasteiger partial charge in [0.1, 0.15) is 11.8 Å². The number of imidazole rings is 1. The molecule has 19 heavy (non-hydrogen) atoms. The number of nitrogens with zero attached hydrogens (tertiary/aromatic N) is 4. The minimum atomic E-state index is 0.729. The van der Waals surface area contributed by atoms with Crippen LogP contribution in [0.4, 0.5) is 5.82 Å². The van der Waals surface area contributed by atoms with Crippen LogP contribution in [0.25, 0.3) is 11.2 Å². The molecule has 0 aliphatic heterocycles. The lowest BCUT2D eigenvalue weighted by molar-refractivity contribution is 0.777. The van der Waals surface area contributed by atoms with E-state index in [0.29, 0.717) is 0 Å². The zero-order valence-electron chi connectivity index (χ0n) is 10.3. The van der Waals surface area contributed by atoms with E-state index in [9.17, 15) is 0 Å². The molecule has 0 unspecified atom stereocenters. The van der Waals surface area contributed by atoms with Crippen molar-refractivity contribution < 1.29 is 0 Å². The zero-order chi connectivity index (χ0) is 13.2. The molecule has 0 bridgehead atoms. The molecule has 0 saturated heterocycles. The van der Waals surface area contributed by atoms with Crippen molar-refractivity contribution >= 4 is 44.2 Å². The van der Waals surface area contributed by atoms with Crippen molar-refractivity contribution in [3.8, 4) is 0 Å². The van der Waals surface area contributed by atoms with Crippen molar-refractivity contribution in [2.45, 2.75) is 20.0 Å². The van der Waals surface area contributed by atoms with E-state index in [1.165, 1.54) is 5.56 Å². The van der Waals surface area contributed by atoms with Gasteiger partial charge in [-0.1, -0.05) is 0 Å². The van der Waals surface area contributed by atoms with Gasteiger partial charge in [-0.15, -0.1) is 11.3 Å². The van der Waals surface area contributed by atoms with Crippen molar-refractivity contribution in [1.82, 2.24) is 19.5 Å². The van der Waals surface area contributed by atoms with Crippen molar-refractivity contribution in [2.75, 3.05) is 5.32 Å². The van der Waals surface area contributed by atoms with Gasteiger partial charge in [-0.25, -0.2) is 15.0 Å². The maximum atomic E-state index is 4.38. The van der Waals surface area contributed by atoms with Gasteiger partial charge in [-0.2, -0.15) is 0 Å². The lowest BCUT2D eigenvalue weighted by Crippen LogP contribution is -2.02. The highest BCUT2D eigenvalue weighted by atomic mass is 79.9. The van der Waals surface area contributed by atoms with Gasteiger partial charge in [0.2, 0.25) is 0 Å². The van der Waals surface area contributed by atoms with Gasteiger partial charge in [0.05, 0.1) is 10.1 Å². The van der Waals surface area contributed by atoms with Gasteiger partial charge in [0, 0.05) is 13.1 Å².